The van der Waals surface area contributed by atoms with Gasteiger partial charge < -0.3 is 9.47 Å². The third kappa shape index (κ3) is 5.33. The van der Waals surface area contributed by atoms with Crippen LogP contribution in [0.25, 0.3) is 0 Å². The summed E-state index contributed by atoms with van der Waals surface area (Å²) in [5.41, 5.74) is 2.04. The summed E-state index contributed by atoms with van der Waals surface area (Å²) < 4.78 is 10.3. The third-order valence-electron chi connectivity index (χ3n) is 3.55. The molecule has 118 valence electrons. The van der Waals surface area contributed by atoms with E-state index in [-0.39, 0.29) is 17.3 Å². The number of ether oxygens (including phenoxy) is 2. The molecule has 0 amide bonds. The summed E-state index contributed by atoms with van der Waals surface area (Å²) in [5, 5.41) is 0.683. The summed E-state index contributed by atoms with van der Waals surface area (Å²) in [5.74, 6) is -0.109. The van der Waals surface area contributed by atoms with Crippen LogP contribution >= 0.6 is 11.6 Å². The van der Waals surface area contributed by atoms with Gasteiger partial charge in [-0.1, -0.05) is 38.4 Å². The zero-order valence-electron chi connectivity index (χ0n) is 13.5. The Hall–Kier alpha value is -1.06. The second-order valence-corrected chi connectivity index (χ2v) is 6.44. The van der Waals surface area contributed by atoms with Crippen molar-refractivity contribution in [3.8, 4) is 0 Å². The predicted octanol–water partition coefficient (Wildman–Crippen LogP) is 4.32. The van der Waals surface area contributed by atoms with Crippen LogP contribution in [0.2, 0.25) is 5.02 Å². The van der Waals surface area contributed by atoms with E-state index in [1.54, 1.807) is 7.11 Å². The van der Waals surface area contributed by atoms with Gasteiger partial charge in [0.25, 0.3) is 0 Å². The number of esters is 1. The van der Waals surface area contributed by atoms with Crippen LogP contribution in [0.5, 0.6) is 0 Å². The quantitative estimate of drug-likeness (QED) is 0.703. The minimum Gasteiger partial charge on any atom is -0.466 e. The van der Waals surface area contributed by atoms with E-state index in [4.69, 9.17) is 21.1 Å². The van der Waals surface area contributed by atoms with Crippen molar-refractivity contribution in [1.82, 2.24) is 0 Å². The van der Waals surface area contributed by atoms with Crippen molar-refractivity contribution in [2.45, 2.75) is 45.4 Å². The van der Waals surface area contributed by atoms with Gasteiger partial charge in [-0.05, 0) is 36.1 Å². The highest BCUT2D eigenvalue weighted by molar-refractivity contribution is 6.30. The number of carbonyl (C=O) groups is 1. The summed E-state index contributed by atoms with van der Waals surface area (Å²) in [6.07, 6.45) is 0.359. The first-order valence-electron chi connectivity index (χ1n) is 7.25. The van der Waals surface area contributed by atoms with Crippen LogP contribution in [0.3, 0.4) is 0 Å². The van der Waals surface area contributed by atoms with Crippen LogP contribution in [-0.4, -0.2) is 26.3 Å². The summed E-state index contributed by atoms with van der Waals surface area (Å²) in [7, 11) is 1.69. The molecular formula is C17H25ClO3. The Balaban J connectivity index is 2.98. The zero-order chi connectivity index (χ0) is 16.0. The molecule has 0 spiro atoms. The average molecular weight is 313 g/mol. The van der Waals surface area contributed by atoms with E-state index in [1.807, 2.05) is 26.0 Å². The summed E-state index contributed by atoms with van der Waals surface area (Å²) >= 11 is 6.24. The molecule has 0 aliphatic rings. The lowest BCUT2D eigenvalue weighted by molar-refractivity contribution is -0.143. The van der Waals surface area contributed by atoms with Gasteiger partial charge in [0, 0.05) is 17.5 Å². The van der Waals surface area contributed by atoms with Gasteiger partial charge in [-0.15, -0.1) is 0 Å². The van der Waals surface area contributed by atoms with Gasteiger partial charge in [-0.2, -0.15) is 0 Å². The van der Waals surface area contributed by atoms with Crippen molar-refractivity contribution in [1.29, 1.82) is 0 Å². The molecule has 0 bridgehead atoms. The van der Waals surface area contributed by atoms with Crippen LogP contribution < -0.4 is 0 Å². The monoisotopic (exact) mass is 312 g/mol. The van der Waals surface area contributed by atoms with Crippen molar-refractivity contribution in [2.75, 3.05) is 20.3 Å². The van der Waals surface area contributed by atoms with Crippen molar-refractivity contribution >= 4 is 17.6 Å². The number of carbonyl (C=O) groups excluding carboxylic acids is 1. The Labute approximate surface area is 132 Å². The number of rotatable bonds is 7. The highest BCUT2D eigenvalue weighted by Crippen LogP contribution is 2.31. The van der Waals surface area contributed by atoms with E-state index in [0.717, 1.165) is 11.1 Å². The Kier molecular flexibility index (Phi) is 6.69. The largest absolute Gasteiger partial charge is 0.466 e. The van der Waals surface area contributed by atoms with Gasteiger partial charge in [0.2, 0.25) is 0 Å². The maximum absolute atomic E-state index is 11.6. The minimum absolute atomic E-state index is 0.0693. The van der Waals surface area contributed by atoms with Gasteiger partial charge in [-0.25, -0.2) is 0 Å². The molecule has 3 nitrogen and oxygen atoms in total. The highest BCUT2D eigenvalue weighted by atomic mass is 35.5. The molecule has 0 aliphatic heterocycles. The molecule has 0 N–H and O–H groups in total. The van der Waals surface area contributed by atoms with Crippen LogP contribution in [0, 0.1) is 0 Å². The lowest BCUT2D eigenvalue weighted by Crippen LogP contribution is -2.24. The third-order valence-corrected chi connectivity index (χ3v) is 3.77. The fourth-order valence-electron chi connectivity index (χ4n) is 2.32. The summed E-state index contributed by atoms with van der Waals surface area (Å²) in [4.78, 5) is 11.6. The fraction of sp³-hybridized carbons (Fsp3) is 0.588. The van der Waals surface area contributed by atoms with Crippen molar-refractivity contribution in [2.24, 2.45) is 0 Å². The van der Waals surface area contributed by atoms with Crippen LogP contribution in [0.15, 0.2) is 18.2 Å². The van der Waals surface area contributed by atoms with E-state index in [2.05, 4.69) is 19.9 Å². The molecule has 0 unspecified atom stereocenters. The van der Waals surface area contributed by atoms with E-state index < -0.39 is 0 Å². The van der Waals surface area contributed by atoms with E-state index in [9.17, 15) is 4.79 Å². The van der Waals surface area contributed by atoms with Gasteiger partial charge in [-0.3, -0.25) is 4.79 Å². The smallest absolute Gasteiger partial charge is 0.306 e. The maximum Gasteiger partial charge on any atom is 0.306 e. The average Bonchev–Trinajstić information content (AvgIpc) is 2.38. The molecule has 1 aromatic rings. The minimum atomic E-state index is -0.178. The molecule has 0 aliphatic carbocycles. The molecule has 0 radical (unpaired) electrons. The molecule has 0 fully saturated rings. The van der Waals surface area contributed by atoms with Crippen molar-refractivity contribution in [3.05, 3.63) is 34.3 Å². The van der Waals surface area contributed by atoms with Crippen LogP contribution in [0.4, 0.5) is 0 Å². The number of hydrogen-bond acceptors (Lipinski definition) is 3. The standard InChI is InChI=1S/C17H25ClO3/c1-6-21-16(19)7-12(2)13-8-14(10-15(18)9-13)17(3,4)11-20-5/h8-10,12H,6-7,11H2,1-5H3/t12-/m1/s1. The molecule has 1 rings (SSSR count). The molecule has 21 heavy (non-hydrogen) atoms. The maximum atomic E-state index is 11.6. The summed E-state index contributed by atoms with van der Waals surface area (Å²) in [6, 6.07) is 5.98. The first-order chi connectivity index (χ1) is 9.80. The second-order valence-electron chi connectivity index (χ2n) is 6.00. The van der Waals surface area contributed by atoms with E-state index >= 15 is 0 Å². The van der Waals surface area contributed by atoms with Gasteiger partial charge in [0.15, 0.2) is 0 Å². The number of methoxy groups -OCH3 is 1. The van der Waals surface area contributed by atoms with E-state index in [1.165, 1.54) is 0 Å². The lowest BCUT2D eigenvalue weighted by atomic mass is 9.83. The number of hydrogen-bond donors (Lipinski definition) is 0. The Bertz CT molecular complexity index is 483. The molecule has 1 atom stereocenters. The molecule has 0 saturated carbocycles. The van der Waals surface area contributed by atoms with Gasteiger partial charge >= 0.3 is 5.97 Å². The molecule has 0 aromatic heterocycles. The first kappa shape index (κ1) is 18.0. The molecule has 1 aromatic carbocycles. The normalized spacial score (nSPS) is 13.0. The first-order valence-corrected chi connectivity index (χ1v) is 7.63. The molecule has 0 saturated heterocycles. The molecule has 0 heterocycles. The van der Waals surface area contributed by atoms with Crippen molar-refractivity contribution < 1.29 is 14.3 Å². The Morgan fingerprint density at radius 1 is 1.33 bits per heavy atom. The highest BCUT2D eigenvalue weighted by Gasteiger charge is 2.23. The number of benzene rings is 1. The topological polar surface area (TPSA) is 35.5 Å². The SMILES string of the molecule is CCOC(=O)C[C@@H](C)c1cc(Cl)cc(C(C)(C)COC)c1. The van der Waals surface area contributed by atoms with Crippen LogP contribution in [-0.2, 0) is 19.7 Å². The Morgan fingerprint density at radius 3 is 2.57 bits per heavy atom. The van der Waals surface area contributed by atoms with Gasteiger partial charge in [0.1, 0.15) is 0 Å². The number of halogens is 1. The molecular weight excluding hydrogens is 288 g/mol. The second kappa shape index (κ2) is 7.81. The summed E-state index contributed by atoms with van der Waals surface area (Å²) in [6.45, 7) is 9.07. The fourth-order valence-corrected chi connectivity index (χ4v) is 2.56. The van der Waals surface area contributed by atoms with E-state index in [0.29, 0.717) is 24.7 Å². The zero-order valence-corrected chi connectivity index (χ0v) is 14.3. The lowest BCUT2D eigenvalue weighted by Gasteiger charge is -2.26. The van der Waals surface area contributed by atoms with Crippen molar-refractivity contribution in [3.63, 3.8) is 0 Å². The van der Waals surface area contributed by atoms with Gasteiger partial charge in [0.05, 0.1) is 19.6 Å². The molecule has 4 heteroatoms. The van der Waals surface area contributed by atoms with Crippen LogP contribution in [0.1, 0.15) is 51.2 Å². The predicted molar refractivity (Wildman–Crippen MR) is 86.0 cm³/mol. The Morgan fingerprint density at radius 2 is 2.00 bits per heavy atom.